The number of rotatable bonds is 3. The van der Waals surface area contributed by atoms with Gasteiger partial charge in [-0.3, -0.25) is 20.3 Å². The number of benzene rings is 1. The molecule has 8 heteroatoms. The molecule has 5 nitrogen and oxygen atoms in total. The minimum Gasteiger partial charge on any atom is -0.304 e. The number of nitrogens with one attached hydrogen (secondary N) is 2. The van der Waals surface area contributed by atoms with E-state index in [4.69, 9.17) is 34.0 Å². The first-order valence-corrected chi connectivity index (χ1v) is 9.01. The summed E-state index contributed by atoms with van der Waals surface area (Å²) in [5, 5.41) is 16.8. The zero-order valence-corrected chi connectivity index (χ0v) is 15.9. The minimum absolute atomic E-state index is 0.0231. The largest absolute Gasteiger partial charge is 0.304 e. The van der Waals surface area contributed by atoms with Gasteiger partial charge in [-0.1, -0.05) is 23.2 Å². The number of halogens is 3. The monoisotopic (exact) mass is 395 g/mol. The number of piperazine rings is 1. The maximum atomic E-state index is 13.5. The molecule has 2 N–H and O–H groups in total. The van der Waals surface area contributed by atoms with Gasteiger partial charge in [0.1, 0.15) is 17.1 Å². The molecule has 0 unspecified atom stereocenters. The Bertz CT molecular complexity index is 864. The first-order chi connectivity index (χ1) is 12.3. The number of hydrogen-bond donors (Lipinski definition) is 2. The van der Waals surface area contributed by atoms with Crippen molar-refractivity contribution in [3.05, 3.63) is 62.9 Å². The molecule has 2 aromatic rings. The van der Waals surface area contributed by atoms with Crippen LogP contribution in [-0.2, 0) is 6.54 Å². The van der Waals surface area contributed by atoms with Gasteiger partial charge in [0.05, 0.1) is 15.6 Å². The molecule has 0 spiro atoms. The summed E-state index contributed by atoms with van der Waals surface area (Å²) >= 11 is 12.8. The minimum atomic E-state index is -0.537. The van der Waals surface area contributed by atoms with Crippen molar-refractivity contribution in [2.45, 2.75) is 6.54 Å². The third-order valence-electron chi connectivity index (χ3n) is 4.49. The molecule has 1 aliphatic heterocycles. The van der Waals surface area contributed by atoms with E-state index < -0.39 is 5.82 Å². The first kappa shape index (κ1) is 19.0. The maximum absolute atomic E-state index is 13.5. The summed E-state index contributed by atoms with van der Waals surface area (Å²) in [7, 11) is 2.11. The van der Waals surface area contributed by atoms with E-state index in [1.54, 1.807) is 12.1 Å². The quantitative estimate of drug-likeness (QED) is 0.619. The summed E-state index contributed by atoms with van der Waals surface area (Å²) in [6, 6.07) is 6.04. The van der Waals surface area contributed by atoms with Gasteiger partial charge in [-0.25, -0.2) is 4.39 Å². The lowest BCUT2D eigenvalue weighted by atomic mass is 10.1. The van der Waals surface area contributed by atoms with E-state index in [9.17, 15) is 4.39 Å². The number of aromatic nitrogens is 1. The molecule has 0 bridgehead atoms. The average Bonchev–Trinajstić information content (AvgIpc) is 2.58. The zero-order valence-electron chi connectivity index (χ0n) is 14.4. The summed E-state index contributed by atoms with van der Waals surface area (Å²) < 4.78 is 14.6. The molecule has 138 valence electrons. The highest BCUT2D eigenvalue weighted by atomic mass is 35.5. The van der Waals surface area contributed by atoms with Crippen molar-refractivity contribution in [3.63, 3.8) is 0 Å². The summed E-state index contributed by atoms with van der Waals surface area (Å²) in [4.78, 5) is 4.62. The van der Waals surface area contributed by atoms with E-state index in [1.807, 2.05) is 0 Å². The van der Waals surface area contributed by atoms with E-state index in [0.717, 1.165) is 49.1 Å². The van der Waals surface area contributed by atoms with E-state index >= 15 is 0 Å². The highest BCUT2D eigenvalue weighted by Gasteiger charge is 2.18. The lowest BCUT2D eigenvalue weighted by Gasteiger charge is -2.32. The van der Waals surface area contributed by atoms with Crippen LogP contribution < -0.4 is 5.49 Å². The molecule has 26 heavy (non-hydrogen) atoms. The summed E-state index contributed by atoms with van der Waals surface area (Å²) in [5.41, 5.74) is 1.24. The molecular weight excluding hydrogens is 376 g/mol. The number of nitrogens with zero attached hydrogens (tertiary/aromatic N) is 3. The predicted octanol–water partition coefficient (Wildman–Crippen LogP) is 3.03. The van der Waals surface area contributed by atoms with Crippen molar-refractivity contribution in [2.24, 2.45) is 0 Å². The summed E-state index contributed by atoms with van der Waals surface area (Å²) in [5.74, 6) is -0.666. The Morgan fingerprint density at radius 1 is 1.12 bits per heavy atom. The number of hydrogen-bond acceptors (Lipinski definition) is 4. The highest BCUT2D eigenvalue weighted by molar-refractivity contribution is 6.40. The second-order valence-corrected chi connectivity index (χ2v) is 7.28. The van der Waals surface area contributed by atoms with Crippen LogP contribution in [0.2, 0.25) is 10.0 Å². The fourth-order valence-corrected chi connectivity index (χ4v) is 3.70. The third-order valence-corrected chi connectivity index (χ3v) is 5.09. The van der Waals surface area contributed by atoms with Gasteiger partial charge in [0.25, 0.3) is 0 Å². The maximum Gasteiger partial charge on any atom is 0.141 e. The van der Waals surface area contributed by atoms with E-state index in [2.05, 4.69) is 16.8 Å². The van der Waals surface area contributed by atoms with Crippen LogP contribution in [0.5, 0.6) is 0 Å². The molecule has 1 aromatic carbocycles. The van der Waals surface area contributed by atoms with Crippen LogP contribution in [0.25, 0.3) is 0 Å². The van der Waals surface area contributed by atoms with Crippen molar-refractivity contribution >= 4 is 29.0 Å². The normalized spacial score (nSPS) is 16.0. The van der Waals surface area contributed by atoms with Gasteiger partial charge in [0.15, 0.2) is 0 Å². The molecular formula is C18H20Cl2FN5. The topological polar surface area (TPSA) is 59.1 Å². The standard InChI is InChI=1S/C18H20Cl2FN5/c1-24-4-6-25(7-5-24)10-12-8-14(19)17(15(20)9-12)18(23)26-11-13(21)2-3-16(26)22/h2-3,8-9,11,22-23H,4-7,10H2,1H3. The molecule has 0 radical (unpaired) electrons. The average molecular weight is 396 g/mol. The molecule has 1 aromatic heterocycles. The van der Waals surface area contributed by atoms with Crippen molar-refractivity contribution in [3.8, 4) is 0 Å². The van der Waals surface area contributed by atoms with Crippen molar-refractivity contribution < 1.29 is 4.39 Å². The second-order valence-electron chi connectivity index (χ2n) is 6.47. The van der Waals surface area contributed by atoms with Crippen LogP contribution in [0.1, 0.15) is 11.1 Å². The fraction of sp³-hybridized carbons (Fsp3) is 0.333. The summed E-state index contributed by atoms with van der Waals surface area (Å²) in [6.07, 6.45) is 1.08. The Labute approximate surface area is 161 Å². The molecule has 3 rings (SSSR count). The van der Waals surface area contributed by atoms with Gasteiger partial charge < -0.3 is 4.90 Å². The second kappa shape index (κ2) is 7.88. The Morgan fingerprint density at radius 3 is 2.35 bits per heavy atom. The summed E-state index contributed by atoms with van der Waals surface area (Å²) in [6.45, 7) is 4.73. The van der Waals surface area contributed by atoms with E-state index in [1.165, 1.54) is 12.1 Å². The molecule has 0 amide bonds. The van der Waals surface area contributed by atoms with Crippen LogP contribution in [0.3, 0.4) is 0 Å². The predicted molar refractivity (Wildman–Crippen MR) is 102 cm³/mol. The van der Waals surface area contributed by atoms with E-state index in [-0.39, 0.29) is 11.3 Å². The molecule has 0 atom stereocenters. The van der Waals surface area contributed by atoms with Crippen molar-refractivity contribution in [1.29, 1.82) is 10.8 Å². The van der Waals surface area contributed by atoms with Gasteiger partial charge >= 0.3 is 0 Å². The fourth-order valence-electron chi connectivity index (χ4n) is 2.99. The van der Waals surface area contributed by atoms with Gasteiger partial charge in [-0.2, -0.15) is 0 Å². The Kier molecular flexibility index (Phi) is 5.77. The van der Waals surface area contributed by atoms with Crippen molar-refractivity contribution in [1.82, 2.24) is 14.4 Å². The van der Waals surface area contributed by atoms with Gasteiger partial charge in [0, 0.05) is 38.9 Å². The Balaban J connectivity index is 1.86. The molecule has 1 fully saturated rings. The molecule has 2 heterocycles. The SMILES string of the molecule is CN1CCN(Cc2cc(Cl)c(C(=N)n3cc(F)ccc3=N)c(Cl)c2)CC1. The molecule has 0 saturated carbocycles. The smallest absolute Gasteiger partial charge is 0.141 e. The third kappa shape index (κ3) is 4.15. The molecule has 1 saturated heterocycles. The van der Waals surface area contributed by atoms with Crippen LogP contribution in [0, 0.1) is 16.6 Å². The van der Waals surface area contributed by atoms with Crippen LogP contribution in [0.4, 0.5) is 4.39 Å². The number of likely N-dealkylation sites (N-methyl/N-ethyl adjacent to an activating group) is 1. The Morgan fingerprint density at radius 2 is 1.73 bits per heavy atom. The molecule has 0 aliphatic carbocycles. The van der Waals surface area contributed by atoms with Crippen molar-refractivity contribution in [2.75, 3.05) is 33.2 Å². The lowest BCUT2D eigenvalue weighted by molar-refractivity contribution is 0.148. The Hall–Kier alpha value is -1.73. The first-order valence-electron chi connectivity index (χ1n) is 8.26. The van der Waals surface area contributed by atoms with Gasteiger partial charge in [-0.05, 0) is 36.9 Å². The van der Waals surface area contributed by atoms with E-state index in [0.29, 0.717) is 15.6 Å². The molecule has 1 aliphatic rings. The van der Waals surface area contributed by atoms with Crippen LogP contribution in [-0.4, -0.2) is 53.4 Å². The van der Waals surface area contributed by atoms with Crippen LogP contribution >= 0.6 is 23.2 Å². The number of pyridine rings is 1. The van der Waals surface area contributed by atoms with Gasteiger partial charge in [-0.15, -0.1) is 0 Å². The van der Waals surface area contributed by atoms with Crippen LogP contribution in [0.15, 0.2) is 30.5 Å². The highest BCUT2D eigenvalue weighted by Crippen LogP contribution is 2.28. The van der Waals surface area contributed by atoms with Gasteiger partial charge in [0.2, 0.25) is 0 Å². The lowest BCUT2D eigenvalue weighted by Crippen LogP contribution is -2.43. The zero-order chi connectivity index (χ0) is 18.8.